The number of aromatic nitrogens is 2. The highest BCUT2D eigenvalue weighted by molar-refractivity contribution is 5.94. The first kappa shape index (κ1) is 15.9. The molecule has 1 unspecified atom stereocenters. The first-order chi connectivity index (χ1) is 8.79. The van der Waals surface area contributed by atoms with Crippen LogP contribution in [0.15, 0.2) is 12.4 Å². The lowest BCUT2D eigenvalue weighted by Crippen LogP contribution is -2.48. The maximum atomic E-state index is 11.9. The summed E-state index contributed by atoms with van der Waals surface area (Å²) in [6.45, 7) is 3.01. The van der Waals surface area contributed by atoms with Crippen molar-refractivity contribution in [2.45, 2.75) is 12.6 Å². The molecule has 19 heavy (non-hydrogen) atoms. The highest BCUT2D eigenvalue weighted by Gasteiger charge is 2.21. The van der Waals surface area contributed by atoms with Crippen LogP contribution in [0.25, 0.3) is 0 Å². The van der Waals surface area contributed by atoms with Gasteiger partial charge in [0.1, 0.15) is 6.04 Å². The lowest BCUT2D eigenvalue weighted by molar-refractivity contribution is -0.120. The number of nitrogens with one attached hydrogen (secondary N) is 2. The van der Waals surface area contributed by atoms with Crippen molar-refractivity contribution in [1.29, 1.82) is 0 Å². The average Bonchev–Trinajstić information content (AvgIpc) is 2.85. The highest BCUT2D eigenvalue weighted by atomic mass is 35.5. The van der Waals surface area contributed by atoms with Gasteiger partial charge in [-0.3, -0.25) is 9.48 Å². The van der Waals surface area contributed by atoms with Gasteiger partial charge in [0.2, 0.25) is 5.91 Å². The summed E-state index contributed by atoms with van der Waals surface area (Å²) in [5, 5.41) is 10.0. The van der Waals surface area contributed by atoms with Gasteiger partial charge in [0.05, 0.1) is 38.2 Å². The number of anilines is 1. The fourth-order valence-corrected chi connectivity index (χ4v) is 1.70. The molecule has 2 heterocycles. The molecule has 0 bridgehead atoms. The van der Waals surface area contributed by atoms with E-state index in [1.165, 1.54) is 0 Å². The third kappa shape index (κ3) is 4.79. The Morgan fingerprint density at radius 3 is 3.26 bits per heavy atom. The molecule has 1 saturated heterocycles. The number of morpholine rings is 1. The van der Waals surface area contributed by atoms with Crippen LogP contribution in [0, 0.1) is 0 Å². The summed E-state index contributed by atoms with van der Waals surface area (Å²) in [5.41, 5.74) is 0.684. The van der Waals surface area contributed by atoms with Crippen molar-refractivity contribution in [2.75, 3.05) is 38.8 Å². The molecular weight excluding hydrogens is 272 g/mol. The average molecular weight is 291 g/mol. The lowest BCUT2D eigenvalue weighted by atomic mass is 10.2. The van der Waals surface area contributed by atoms with Gasteiger partial charge in [-0.05, 0) is 0 Å². The molecule has 1 aliphatic heterocycles. The molecule has 8 heteroatoms. The maximum Gasteiger partial charge on any atom is 0.243 e. The van der Waals surface area contributed by atoms with Crippen LogP contribution in [-0.4, -0.2) is 55.2 Å². The molecule has 0 aliphatic carbocycles. The third-order valence-corrected chi connectivity index (χ3v) is 2.66. The number of carbonyl (C=O) groups excluding carboxylic acids is 1. The van der Waals surface area contributed by atoms with Crippen LogP contribution in [0.2, 0.25) is 0 Å². The summed E-state index contributed by atoms with van der Waals surface area (Å²) >= 11 is 0. The van der Waals surface area contributed by atoms with Crippen LogP contribution in [0.4, 0.5) is 5.69 Å². The number of methoxy groups -OCH3 is 1. The molecule has 1 atom stereocenters. The van der Waals surface area contributed by atoms with Gasteiger partial charge in [-0.2, -0.15) is 5.10 Å². The Bertz CT molecular complexity index is 393. The van der Waals surface area contributed by atoms with Gasteiger partial charge >= 0.3 is 0 Å². The van der Waals surface area contributed by atoms with Gasteiger partial charge < -0.3 is 20.1 Å². The fraction of sp³-hybridized carbons (Fsp3) is 0.636. The van der Waals surface area contributed by atoms with Crippen LogP contribution in [0.3, 0.4) is 0 Å². The van der Waals surface area contributed by atoms with Crippen molar-refractivity contribution < 1.29 is 14.3 Å². The standard InChI is InChI=1S/C11H18N4O3.ClH/c1-17-5-3-15-7-9(6-13-15)14-11(16)10-8-18-4-2-12-10;/h6-7,10,12H,2-5,8H2,1H3,(H,14,16);1H. The fourth-order valence-electron chi connectivity index (χ4n) is 1.70. The number of ether oxygens (including phenoxy) is 2. The van der Waals surface area contributed by atoms with E-state index in [-0.39, 0.29) is 24.4 Å². The Balaban J connectivity index is 0.00000180. The second-order valence-corrected chi connectivity index (χ2v) is 4.06. The Kier molecular flexibility index (Phi) is 6.79. The first-order valence-electron chi connectivity index (χ1n) is 5.93. The molecule has 2 rings (SSSR count). The van der Waals surface area contributed by atoms with E-state index in [4.69, 9.17) is 9.47 Å². The zero-order chi connectivity index (χ0) is 12.8. The zero-order valence-electron chi connectivity index (χ0n) is 10.8. The quantitative estimate of drug-likeness (QED) is 0.790. The third-order valence-electron chi connectivity index (χ3n) is 2.66. The molecule has 108 valence electrons. The summed E-state index contributed by atoms with van der Waals surface area (Å²) in [6.07, 6.45) is 3.40. The second-order valence-electron chi connectivity index (χ2n) is 4.06. The normalized spacial score (nSPS) is 18.7. The maximum absolute atomic E-state index is 11.9. The van der Waals surface area contributed by atoms with E-state index >= 15 is 0 Å². The van der Waals surface area contributed by atoms with Crippen molar-refractivity contribution in [3.05, 3.63) is 12.4 Å². The molecule has 0 radical (unpaired) electrons. The second kappa shape index (κ2) is 8.11. The molecule has 1 aromatic heterocycles. The Morgan fingerprint density at radius 1 is 1.74 bits per heavy atom. The van der Waals surface area contributed by atoms with E-state index in [2.05, 4.69) is 15.7 Å². The van der Waals surface area contributed by atoms with Gasteiger partial charge in [-0.1, -0.05) is 0 Å². The van der Waals surface area contributed by atoms with Crippen molar-refractivity contribution >= 4 is 24.0 Å². The van der Waals surface area contributed by atoms with Crippen molar-refractivity contribution in [2.24, 2.45) is 0 Å². The minimum atomic E-state index is -0.291. The predicted molar refractivity (Wildman–Crippen MR) is 72.6 cm³/mol. The summed E-state index contributed by atoms with van der Waals surface area (Å²) in [5.74, 6) is -0.0963. The van der Waals surface area contributed by atoms with E-state index in [1.807, 2.05) is 0 Å². The Morgan fingerprint density at radius 2 is 2.58 bits per heavy atom. The van der Waals surface area contributed by atoms with Gasteiger partial charge in [0, 0.05) is 19.9 Å². The zero-order valence-corrected chi connectivity index (χ0v) is 11.6. The largest absolute Gasteiger partial charge is 0.383 e. The molecule has 0 saturated carbocycles. The molecule has 1 amide bonds. The van der Waals surface area contributed by atoms with E-state index in [0.717, 1.165) is 0 Å². The predicted octanol–water partition coefficient (Wildman–Crippen LogP) is -0.122. The minimum absolute atomic E-state index is 0. The molecule has 1 aromatic rings. The molecule has 0 spiro atoms. The van der Waals surface area contributed by atoms with E-state index in [0.29, 0.717) is 38.6 Å². The van der Waals surface area contributed by atoms with E-state index in [1.54, 1.807) is 24.2 Å². The smallest absolute Gasteiger partial charge is 0.243 e. The minimum Gasteiger partial charge on any atom is -0.383 e. The molecule has 2 N–H and O–H groups in total. The summed E-state index contributed by atoms with van der Waals surface area (Å²) in [6, 6.07) is -0.291. The SMILES string of the molecule is COCCn1cc(NC(=O)C2COCCN2)cn1.Cl. The number of hydrogen-bond donors (Lipinski definition) is 2. The summed E-state index contributed by atoms with van der Waals surface area (Å²) in [7, 11) is 1.64. The van der Waals surface area contributed by atoms with Crippen molar-refractivity contribution in [3.8, 4) is 0 Å². The van der Waals surface area contributed by atoms with Gasteiger partial charge in [-0.15, -0.1) is 12.4 Å². The van der Waals surface area contributed by atoms with Crippen molar-refractivity contribution in [3.63, 3.8) is 0 Å². The molecule has 0 aromatic carbocycles. The summed E-state index contributed by atoms with van der Waals surface area (Å²) < 4.78 is 11.9. The first-order valence-corrected chi connectivity index (χ1v) is 5.93. The topological polar surface area (TPSA) is 77.4 Å². The number of halogens is 1. The van der Waals surface area contributed by atoms with Gasteiger partial charge in [-0.25, -0.2) is 0 Å². The molecule has 7 nitrogen and oxygen atoms in total. The van der Waals surface area contributed by atoms with E-state index < -0.39 is 0 Å². The molecule has 1 aliphatic rings. The molecular formula is C11H19ClN4O3. The van der Waals surface area contributed by atoms with Crippen LogP contribution in [0.1, 0.15) is 0 Å². The number of rotatable bonds is 5. The van der Waals surface area contributed by atoms with Crippen LogP contribution >= 0.6 is 12.4 Å². The Labute approximate surface area is 118 Å². The van der Waals surface area contributed by atoms with Crippen molar-refractivity contribution in [1.82, 2.24) is 15.1 Å². The molecule has 1 fully saturated rings. The highest BCUT2D eigenvalue weighted by Crippen LogP contribution is 2.06. The van der Waals surface area contributed by atoms with Gasteiger partial charge in [0.25, 0.3) is 0 Å². The number of amides is 1. The lowest BCUT2D eigenvalue weighted by Gasteiger charge is -2.22. The van der Waals surface area contributed by atoms with Crippen LogP contribution in [0.5, 0.6) is 0 Å². The van der Waals surface area contributed by atoms with Crippen LogP contribution < -0.4 is 10.6 Å². The van der Waals surface area contributed by atoms with E-state index in [9.17, 15) is 4.79 Å². The van der Waals surface area contributed by atoms with Gasteiger partial charge in [0.15, 0.2) is 0 Å². The number of carbonyl (C=O) groups is 1. The number of hydrogen-bond acceptors (Lipinski definition) is 5. The number of nitrogens with zero attached hydrogens (tertiary/aromatic N) is 2. The Hall–Kier alpha value is -1.15. The summed E-state index contributed by atoms with van der Waals surface area (Å²) in [4.78, 5) is 11.9. The monoisotopic (exact) mass is 290 g/mol. The van der Waals surface area contributed by atoms with Crippen LogP contribution in [-0.2, 0) is 20.8 Å².